The third-order valence-corrected chi connectivity index (χ3v) is 13.0. The Bertz CT molecular complexity index is 1210. The van der Waals surface area contributed by atoms with Gasteiger partial charge in [-0.05, 0) is 87.3 Å². The van der Waals surface area contributed by atoms with Gasteiger partial charge in [0.15, 0.2) is 8.32 Å². The summed E-state index contributed by atoms with van der Waals surface area (Å²) in [7, 11) is -1.75. The van der Waals surface area contributed by atoms with E-state index in [1.807, 2.05) is 20.8 Å². The molecule has 6 nitrogen and oxygen atoms in total. The van der Waals surface area contributed by atoms with Gasteiger partial charge in [0.05, 0.1) is 12.0 Å². The number of amides is 2. The van der Waals surface area contributed by atoms with Gasteiger partial charge in [-0.2, -0.15) is 0 Å². The van der Waals surface area contributed by atoms with Crippen LogP contribution >= 0.6 is 0 Å². The lowest BCUT2D eigenvalue weighted by atomic mass is 9.91. The van der Waals surface area contributed by atoms with Crippen molar-refractivity contribution in [2.24, 2.45) is 5.92 Å². The molecule has 2 aromatic rings. The second-order valence-corrected chi connectivity index (χ2v) is 19.0. The second kappa shape index (κ2) is 14.7. The number of hydrogen-bond acceptors (Lipinski definition) is 4. The zero-order chi connectivity index (χ0) is 31.0. The van der Waals surface area contributed by atoms with Crippen molar-refractivity contribution < 1.29 is 18.8 Å². The number of hydrogen-bond donors (Lipinski definition) is 1. The van der Waals surface area contributed by atoms with Gasteiger partial charge >= 0.3 is 6.09 Å². The fourth-order valence-corrected chi connectivity index (χ4v) is 6.12. The fraction of sp³-hybridized carbons (Fsp3) is 0.600. The van der Waals surface area contributed by atoms with Crippen molar-refractivity contribution in [2.75, 3.05) is 19.7 Å². The molecule has 7 heteroatoms. The number of carbonyl (C=O) groups excluding carboxylic acids is 2. The van der Waals surface area contributed by atoms with Gasteiger partial charge in [0.25, 0.3) is 0 Å². The number of fused-ring (bicyclic) bond motifs is 1. The average Bonchev–Trinajstić information content (AvgIpc) is 2.89. The summed E-state index contributed by atoms with van der Waals surface area (Å²) in [6.45, 7) is 18.9. The Labute approximate surface area is 255 Å². The van der Waals surface area contributed by atoms with Crippen molar-refractivity contribution in [3.8, 4) is 0 Å². The summed E-state index contributed by atoms with van der Waals surface area (Å²) in [5.41, 5.74) is 0.715. The maximum atomic E-state index is 13.8. The standard InChI is InChI=1S/C35H54N2O4Si/c1-34(2,3)41-33(39)36-22-12-13-23-37-31(26-27-18-19-28-15-9-10-17-30(28)25-27)21-20-29(32(37)38)16-11-14-24-40-42(7,8)35(4,5)6/h9-10,15,17-21,25,29,31H,11-14,16,22-24,26H2,1-8H3,(H,36,39)/t29-,31+/m0/s1. The Kier molecular flexibility index (Phi) is 11.8. The molecule has 0 saturated heterocycles. The summed E-state index contributed by atoms with van der Waals surface area (Å²) in [6.07, 6.45) is 9.16. The van der Waals surface area contributed by atoms with E-state index in [0.717, 1.165) is 45.1 Å². The van der Waals surface area contributed by atoms with Gasteiger partial charge in [0, 0.05) is 19.7 Å². The van der Waals surface area contributed by atoms with E-state index in [1.54, 1.807) is 0 Å². The highest BCUT2D eigenvalue weighted by Crippen LogP contribution is 2.36. The number of carbonyl (C=O) groups is 2. The van der Waals surface area contributed by atoms with E-state index in [1.165, 1.54) is 16.3 Å². The average molecular weight is 595 g/mol. The van der Waals surface area contributed by atoms with Crippen molar-refractivity contribution in [2.45, 2.75) is 110 Å². The first-order valence-electron chi connectivity index (χ1n) is 15.7. The zero-order valence-electron chi connectivity index (χ0n) is 27.3. The van der Waals surface area contributed by atoms with Gasteiger partial charge in [0.2, 0.25) is 5.91 Å². The summed E-state index contributed by atoms with van der Waals surface area (Å²) in [4.78, 5) is 27.9. The lowest BCUT2D eigenvalue weighted by Crippen LogP contribution is -2.47. The second-order valence-electron chi connectivity index (χ2n) is 14.2. The van der Waals surface area contributed by atoms with Crippen molar-refractivity contribution in [3.63, 3.8) is 0 Å². The summed E-state index contributed by atoms with van der Waals surface area (Å²) >= 11 is 0. The minimum Gasteiger partial charge on any atom is -0.444 e. The predicted octanol–water partition coefficient (Wildman–Crippen LogP) is 8.26. The van der Waals surface area contributed by atoms with E-state index in [-0.39, 0.29) is 22.9 Å². The highest BCUT2D eigenvalue weighted by molar-refractivity contribution is 6.74. The SMILES string of the molecule is CC(C)(C)OC(=O)NCCCCN1C(=O)[C@@H](CCCCO[Si](C)(C)C(C)(C)C)C=C[C@@H]1Cc1ccc2ccccc2c1. The van der Waals surface area contributed by atoms with Crippen molar-refractivity contribution in [1.29, 1.82) is 0 Å². The number of benzene rings is 2. The van der Waals surface area contributed by atoms with Crippen LogP contribution in [0.4, 0.5) is 4.79 Å². The lowest BCUT2D eigenvalue weighted by molar-refractivity contribution is -0.136. The molecule has 0 saturated carbocycles. The molecule has 1 heterocycles. The third kappa shape index (κ3) is 10.3. The number of rotatable bonds is 13. The van der Waals surface area contributed by atoms with Crippen molar-refractivity contribution in [3.05, 3.63) is 60.2 Å². The van der Waals surface area contributed by atoms with Gasteiger partial charge in [-0.1, -0.05) is 81.8 Å². The van der Waals surface area contributed by atoms with Gasteiger partial charge in [-0.3, -0.25) is 4.79 Å². The summed E-state index contributed by atoms with van der Waals surface area (Å²) in [5, 5.41) is 5.49. The highest BCUT2D eigenvalue weighted by Gasteiger charge is 2.37. The van der Waals surface area contributed by atoms with Crippen LogP contribution in [0.3, 0.4) is 0 Å². The topological polar surface area (TPSA) is 67.9 Å². The molecule has 0 fully saturated rings. The minimum atomic E-state index is -1.75. The van der Waals surface area contributed by atoms with Crippen LogP contribution in [-0.2, 0) is 20.4 Å². The highest BCUT2D eigenvalue weighted by atomic mass is 28.4. The summed E-state index contributed by atoms with van der Waals surface area (Å²) < 4.78 is 11.7. The number of unbranched alkanes of at least 4 members (excludes halogenated alkanes) is 2. The predicted molar refractivity (Wildman–Crippen MR) is 176 cm³/mol. The molecule has 2 atom stereocenters. The number of alkyl carbamates (subject to hydrolysis) is 1. The maximum Gasteiger partial charge on any atom is 0.407 e. The monoisotopic (exact) mass is 594 g/mol. The molecule has 1 N–H and O–H groups in total. The molecule has 1 aliphatic rings. The molecule has 232 valence electrons. The van der Waals surface area contributed by atoms with Crippen LogP contribution < -0.4 is 5.32 Å². The molecule has 2 amide bonds. The first-order chi connectivity index (χ1) is 19.7. The normalized spacial score (nSPS) is 18.0. The Hall–Kier alpha value is -2.64. The van der Waals surface area contributed by atoms with E-state index in [2.05, 4.69) is 98.7 Å². The molecule has 0 unspecified atom stereocenters. The van der Waals surface area contributed by atoms with Gasteiger partial charge in [0.1, 0.15) is 5.60 Å². The Morgan fingerprint density at radius 3 is 2.33 bits per heavy atom. The molecular weight excluding hydrogens is 540 g/mol. The van der Waals surface area contributed by atoms with E-state index in [4.69, 9.17) is 9.16 Å². The fourth-order valence-electron chi connectivity index (χ4n) is 5.03. The van der Waals surface area contributed by atoms with Gasteiger partial charge in [-0.15, -0.1) is 0 Å². The van der Waals surface area contributed by atoms with Crippen LogP contribution in [-0.4, -0.2) is 56.6 Å². The van der Waals surface area contributed by atoms with Gasteiger partial charge < -0.3 is 19.4 Å². The van der Waals surface area contributed by atoms with Crippen LogP contribution in [0.15, 0.2) is 54.6 Å². The molecule has 0 radical (unpaired) electrons. The molecular formula is C35H54N2O4Si. The molecule has 1 aliphatic heterocycles. The molecule has 0 aromatic heterocycles. The number of nitrogens with zero attached hydrogens (tertiary/aromatic N) is 1. The Balaban J connectivity index is 1.59. The largest absolute Gasteiger partial charge is 0.444 e. The Morgan fingerprint density at radius 2 is 1.64 bits per heavy atom. The quantitative estimate of drug-likeness (QED) is 0.144. The van der Waals surface area contributed by atoms with Gasteiger partial charge in [-0.25, -0.2) is 4.79 Å². The van der Waals surface area contributed by atoms with Crippen LogP contribution in [0.2, 0.25) is 18.1 Å². The van der Waals surface area contributed by atoms with Crippen LogP contribution in [0.1, 0.15) is 79.2 Å². The molecule has 0 aliphatic carbocycles. The number of ether oxygens (including phenoxy) is 1. The molecule has 3 rings (SSSR count). The van der Waals surface area contributed by atoms with E-state index in [9.17, 15) is 9.59 Å². The molecule has 0 spiro atoms. The molecule has 0 bridgehead atoms. The van der Waals surface area contributed by atoms with Crippen molar-refractivity contribution >= 4 is 31.1 Å². The van der Waals surface area contributed by atoms with E-state index >= 15 is 0 Å². The smallest absolute Gasteiger partial charge is 0.407 e. The van der Waals surface area contributed by atoms with E-state index < -0.39 is 20.0 Å². The summed E-state index contributed by atoms with van der Waals surface area (Å²) in [5.74, 6) is 0.124. The maximum absolute atomic E-state index is 13.8. The molecule has 2 aromatic carbocycles. The first kappa shape index (κ1) is 33.9. The minimum absolute atomic E-state index is 0.0237. The zero-order valence-corrected chi connectivity index (χ0v) is 28.3. The van der Waals surface area contributed by atoms with Crippen molar-refractivity contribution in [1.82, 2.24) is 10.2 Å². The van der Waals surface area contributed by atoms with Crippen LogP contribution in [0.5, 0.6) is 0 Å². The van der Waals surface area contributed by atoms with Crippen LogP contribution in [0.25, 0.3) is 10.8 Å². The molecule has 42 heavy (non-hydrogen) atoms. The number of nitrogens with one attached hydrogen (secondary N) is 1. The first-order valence-corrected chi connectivity index (χ1v) is 18.6. The summed E-state index contributed by atoms with van der Waals surface area (Å²) in [6, 6.07) is 15.0. The third-order valence-electron chi connectivity index (χ3n) is 8.50. The van der Waals surface area contributed by atoms with E-state index in [0.29, 0.717) is 13.1 Å². The lowest BCUT2D eigenvalue weighted by Gasteiger charge is -2.37. The van der Waals surface area contributed by atoms with Crippen LogP contribution in [0, 0.1) is 5.92 Å². The Morgan fingerprint density at radius 1 is 0.929 bits per heavy atom.